The van der Waals surface area contributed by atoms with Crippen molar-refractivity contribution >= 4 is 27.0 Å². The van der Waals surface area contributed by atoms with Gasteiger partial charge >= 0.3 is 0 Å². The topological polar surface area (TPSA) is 85.1 Å². The number of primary sulfonamides is 1. The SMILES string of the molecule is Cc1nc(C)c(CNc2cc(S(N)(=O)=O)ccc2C)s1. The molecule has 3 N–H and O–H groups in total. The summed E-state index contributed by atoms with van der Waals surface area (Å²) in [6.07, 6.45) is 0. The Bertz CT molecular complexity index is 736. The molecule has 0 spiro atoms. The van der Waals surface area contributed by atoms with Crippen molar-refractivity contribution in [2.45, 2.75) is 32.2 Å². The Kier molecular flexibility index (Phi) is 4.12. The van der Waals surface area contributed by atoms with Crippen molar-refractivity contribution in [1.82, 2.24) is 4.98 Å². The van der Waals surface area contributed by atoms with Gasteiger partial charge in [0, 0.05) is 10.6 Å². The fourth-order valence-corrected chi connectivity index (χ4v) is 3.30. The smallest absolute Gasteiger partial charge is 0.238 e. The molecule has 7 heteroatoms. The normalized spacial score (nSPS) is 11.6. The van der Waals surface area contributed by atoms with E-state index >= 15 is 0 Å². The molecule has 2 rings (SSSR count). The summed E-state index contributed by atoms with van der Waals surface area (Å²) in [4.78, 5) is 5.62. The molecule has 0 fully saturated rings. The van der Waals surface area contributed by atoms with Crippen molar-refractivity contribution < 1.29 is 8.42 Å². The van der Waals surface area contributed by atoms with E-state index in [0.717, 1.165) is 26.8 Å². The van der Waals surface area contributed by atoms with Crippen molar-refractivity contribution in [2.24, 2.45) is 5.14 Å². The van der Waals surface area contributed by atoms with Crippen LogP contribution < -0.4 is 10.5 Å². The summed E-state index contributed by atoms with van der Waals surface area (Å²) in [6, 6.07) is 4.82. The number of hydrogen-bond donors (Lipinski definition) is 2. The first-order chi connectivity index (χ1) is 9.27. The van der Waals surface area contributed by atoms with Crippen molar-refractivity contribution in [3.05, 3.63) is 39.3 Å². The molecule has 0 aliphatic heterocycles. The minimum atomic E-state index is -3.68. The molecule has 108 valence electrons. The average Bonchev–Trinajstić information content (AvgIpc) is 2.65. The van der Waals surface area contributed by atoms with Crippen LogP contribution in [0.1, 0.15) is 21.1 Å². The summed E-state index contributed by atoms with van der Waals surface area (Å²) < 4.78 is 22.7. The van der Waals surface area contributed by atoms with Gasteiger partial charge in [-0.3, -0.25) is 0 Å². The Labute approximate surface area is 122 Å². The average molecular weight is 311 g/mol. The number of hydrogen-bond acceptors (Lipinski definition) is 5. The maximum Gasteiger partial charge on any atom is 0.238 e. The lowest BCUT2D eigenvalue weighted by molar-refractivity contribution is 0.598. The van der Waals surface area contributed by atoms with Crippen LogP contribution in [0.5, 0.6) is 0 Å². The maximum absolute atomic E-state index is 11.4. The van der Waals surface area contributed by atoms with Gasteiger partial charge in [-0.1, -0.05) is 6.07 Å². The summed E-state index contributed by atoms with van der Waals surface area (Å²) >= 11 is 1.63. The molecule has 0 bridgehead atoms. The number of aromatic nitrogens is 1. The number of nitrogens with one attached hydrogen (secondary N) is 1. The molecule has 1 heterocycles. The molecule has 5 nitrogen and oxygen atoms in total. The van der Waals surface area contributed by atoms with E-state index in [1.165, 1.54) is 6.07 Å². The number of benzene rings is 1. The summed E-state index contributed by atoms with van der Waals surface area (Å²) in [5, 5.41) is 9.42. The minimum absolute atomic E-state index is 0.114. The van der Waals surface area contributed by atoms with Crippen molar-refractivity contribution in [3.63, 3.8) is 0 Å². The maximum atomic E-state index is 11.4. The molecule has 0 aliphatic carbocycles. The molecule has 1 aromatic heterocycles. The predicted octanol–water partition coefficient (Wildman–Crippen LogP) is 2.33. The first-order valence-electron chi connectivity index (χ1n) is 6.07. The van der Waals surface area contributed by atoms with Crippen molar-refractivity contribution in [1.29, 1.82) is 0 Å². The lowest BCUT2D eigenvalue weighted by atomic mass is 10.2. The highest BCUT2D eigenvalue weighted by atomic mass is 32.2. The Morgan fingerprint density at radius 1 is 1.30 bits per heavy atom. The molecule has 0 aliphatic rings. The highest BCUT2D eigenvalue weighted by Gasteiger charge is 2.11. The van der Waals surface area contributed by atoms with Gasteiger partial charge in [0.25, 0.3) is 0 Å². The van der Waals surface area contributed by atoms with Crippen LogP contribution in [-0.4, -0.2) is 13.4 Å². The highest BCUT2D eigenvalue weighted by molar-refractivity contribution is 7.89. The number of sulfonamides is 1. The van der Waals surface area contributed by atoms with Gasteiger partial charge < -0.3 is 5.32 Å². The summed E-state index contributed by atoms with van der Waals surface area (Å²) in [7, 11) is -3.68. The summed E-state index contributed by atoms with van der Waals surface area (Å²) in [6.45, 7) is 6.47. The van der Waals surface area contributed by atoms with Crippen molar-refractivity contribution in [3.8, 4) is 0 Å². The van der Waals surface area contributed by atoms with E-state index in [0.29, 0.717) is 6.54 Å². The lowest BCUT2D eigenvalue weighted by Crippen LogP contribution is -2.13. The predicted molar refractivity (Wildman–Crippen MR) is 81.5 cm³/mol. The second-order valence-corrected chi connectivity index (χ2v) is 7.47. The van der Waals surface area contributed by atoms with Crippen LogP contribution in [0.15, 0.2) is 23.1 Å². The van der Waals surface area contributed by atoms with E-state index in [-0.39, 0.29) is 4.90 Å². The molecule has 0 amide bonds. The third-order valence-electron chi connectivity index (χ3n) is 2.98. The highest BCUT2D eigenvalue weighted by Crippen LogP contribution is 2.22. The van der Waals surface area contributed by atoms with Crippen LogP contribution in [0.3, 0.4) is 0 Å². The Morgan fingerprint density at radius 2 is 2.00 bits per heavy atom. The van der Waals surface area contributed by atoms with E-state index < -0.39 is 10.0 Å². The van der Waals surface area contributed by atoms with Gasteiger partial charge in [0.2, 0.25) is 10.0 Å². The molecule has 0 radical (unpaired) electrons. The number of nitrogens with zero attached hydrogens (tertiary/aromatic N) is 1. The van der Waals surface area contributed by atoms with Crippen LogP contribution >= 0.6 is 11.3 Å². The molecule has 0 unspecified atom stereocenters. The molecular weight excluding hydrogens is 294 g/mol. The van der Waals surface area contributed by atoms with Gasteiger partial charge in [0.05, 0.1) is 22.1 Å². The number of thiazole rings is 1. The van der Waals surface area contributed by atoms with Gasteiger partial charge in [-0.2, -0.15) is 0 Å². The first-order valence-corrected chi connectivity index (χ1v) is 8.44. The Hall–Kier alpha value is -1.44. The van der Waals surface area contributed by atoms with Crippen LogP contribution in [-0.2, 0) is 16.6 Å². The lowest BCUT2D eigenvalue weighted by Gasteiger charge is -2.10. The van der Waals surface area contributed by atoms with Gasteiger partial charge in [0.15, 0.2) is 0 Å². The molecule has 0 saturated carbocycles. The van der Waals surface area contributed by atoms with Crippen LogP contribution in [0.2, 0.25) is 0 Å². The zero-order valence-electron chi connectivity index (χ0n) is 11.6. The van der Waals surface area contributed by atoms with Gasteiger partial charge in [0.1, 0.15) is 0 Å². The molecule has 2 aromatic rings. The molecule has 20 heavy (non-hydrogen) atoms. The van der Waals surface area contributed by atoms with Crippen LogP contribution in [0.4, 0.5) is 5.69 Å². The number of anilines is 1. The number of rotatable bonds is 4. The van der Waals surface area contributed by atoms with Crippen LogP contribution in [0.25, 0.3) is 0 Å². The Morgan fingerprint density at radius 3 is 2.55 bits per heavy atom. The second-order valence-electron chi connectivity index (χ2n) is 4.62. The largest absolute Gasteiger partial charge is 0.380 e. The van der Waals surface area contributed by atoms with E-state index in [2.05, 4.69) is 10.3 Å². The van der Waals surface area contributed by atoms with Gasteiger partial charge in [-0.05, 0) is 38.5 Å². The minimum Gasteiger partial charge on any atom is -0.380 e. The third-order valence-corrected chi connectivity index (χ3v) is 4.96. The quantitative estimate of drug-likeness (QED) is 0.907. The van der Waals surface area contributed by atoms with Gasteiger partial charge in [-0.25, -0.2) is 18.5 Å². The van der Waals surface area contributed by atoms with Gasteiger partial charge in [-0.15, -0.1) is 11.3 Å². The van der Waals surface area contributed by atoms with E-state index in [9.17, 15) is 8.42 Å². The fourth-order valence-electron chi connectivity index (χ4n) is 1.88. The van der Waals surface area contributed by atoms with Crippen molar-refractivity contribution in [2.75, 3.05) is 5.32 Å². The standard InChI is InChI=1S/C13H17N3O2S2/c1-8-4-5-11(20(14,17)18)6-12(8)15-7-13-9(2)16-10(3)19-13/h4-6,15H,7H2,1-3H3,(H2,14,17,18). The van der Waals surface area contributed by atoms with E-state index in [1.807, 2.05) is 20.8 Å². The third kappa shape index (κ3) is 3.36. The fraction of sp³-hybridized carbons (Fsp3) is 0.308. The summed E-state index contributed by atoms with van der Waals surface area (Å²) in [5.41, 5.74) is 2.73. The summed E-state index contributed by atoms with van der Waals surface area (Å²) in [5.74, 6) is 0. The monoisotopic (exact) mass is 311 g/mol. The molecule has 1 aromatic carbocycles. The zero-order valence-corrected chi connectivity index (χ0v) is 13.2. The number of aryl methyl sites for hydroxylation is 3. The van der Waals surface area contributed by atoms with Crippen LogP contribution in [0, 0.1) is 20.8 Å². The Balaban J connectivity index is 2.23. The first kappa shape index (κ1) is 15.0. The molecule has 0 saturated heterocycles. The number of nitrogens with two attached hydrogens (primary N) is 1. The second kappa shape index (κ2) is 5.51. The zero-order chi connectivity index (χ0) is 14.9. The molecular formula is C13H17N3O2S2. The van der Waals surface area contributed by atoms with E-state index in [1.54, 1.807) is 23.5 Å². The van der Waals surface area contributed by atoms with E-state index in [4.69, 9.17) is 5.14 Å². The molecule has 0 atom stereocenters.